The van der Waals surface area contributed by atoms with Gasteiger partial charge in [-0.1, -0.05) is 34.8 Å². The summed E-state index contributed by atoms with van der Waals surface area (Å²) in [4.78, 5) is 16.3. The Kier molecular flexibility index (Phi) is 7.53. The smallest absolute Gasteiger partial charge is 0.267 e. The molecule has 0 bridgehead atoms. The second kappa shape index (κ2) is 9.85. The number of hydrogen-bond donors (Lipinski definition) is 1. The molecule has 3 rings (SSSR count). The lowest BCUT2D eigenvalue weighted by Gasteiger charge is -2.17. The van der Waals surface area contributed by atoms with Gasteiger partial charge in [0, 0.05) is 27.4 Å². The highest BCUT2D eigenvalue weighted by Gasteiger charge is 2.20. The molecule has 33 heavy (non-hydrogen) atoms. The Morgan fingerprint density at radius 2 is 1.82 bits per heavy atom. The Morgan fingerprint density at radius 3 is 2.45 bits per heavy atom. The number of nitrogens with one attached hydrogen (secondary N) is 1. The molecular formula is C22H18Cl3FN2O4S. The highest BCUT2D eigenvalue weighted by molar-refractivity contribution is 7.89. The van der Waals surface area contributed by atoms with E-state index in [0.29, 0.717) is 32.3 Å². The van der Waals surface area contributed by atoms with E-state index < -0.39 is 33.4 Å². The molecule has 2 aromatic carbocycles. The monoisotopic (exact) mass is 530 g/mol. The predicted molar refractivity (Wildman–Crippen MR) is 127 cm³/mol. The van der Waals surface area contributed by atoms with Crippen LogP contribution in [0.25, 0.3) is 11.1 Å². The standard InChI is InChI=1S/C22H18Cl3FN2O4S/c1-11-6-17(21(29)28-33(3,30)31)20(26)9-15(11)13-7-19(25)22(27-10-13)32-12(2)16-8-14(23)4-5-18(16)24/h4-10,12H,1-3H3,(H,28,29)/t12-/m0/s1. The molecule has 0 spiro atoms. The van der Waals surface area contributed by atoms with Crippen molar-refractivity contribution in [2.45, 2.75) is 20.0 Å². The van der Waals surface area contributed by atoms with Gasteiger partial charge in [0.25, 0.3) is 5.91 Å². The van der Waals surface area contributed by atoms with Crippen molar-refractivity contribution < 1.29 is 22.3 Å². The summed E-state index contributed by atoms with van der Waals surface area (Å²) < 4.78 is 44.7. The van der Waals surface area contributed by atoms with Crippen LogP contribution >= 0.6 is 34.8 Å². The molecule has 1 amide bonds. The van der Waals surface area contributed by atoms with Crippen molar-refractivity contribution in [2.75, 3.05) is 6.26 Å². The number of pyridine rings is 1. The molecular weight excluding hydrogens is 514 g/mol. The molecule has 1 heterocycles. The van der Waals surface area contributed by atoms with E-state index in [9.17, 15) is 17.6 Å². The Hall–Kier alpha value is -2.39. The summed E-state index contributed by atoms with van der Waals surface area (Å²) in [6.07, 6.45) is 1.76. The highest BCUT2D eigenvalue weighted by Crippen LogP contribution is 2.35. The number of rotatable bonds is 6. The number of carbonyl (C=O) groups excluding carboxylic acids is 1. The van der Waals surface area contributed by atoms with Crippen molar-refractivity contribution >= 4 is 50.7 Å². The van der Waals surface area contributed by atoms with E-state index in [1.54, 1.807) is 42.8 Å². The number of ether oxygens (including phenoxy) is 1. The number of nitrogens with zero attached hydrogens (tertiary/aromatic N) is 1. The van der Waals surface area contributed by atoms with Crippen molar-refractivity contribution in [1.29, 1.82) is 0 Å². The number of sulfonamides is 1. The first kappa shape index (κ1) is 25.2. The molecule has 0 saturated carbocycles. The molecule has 0 aliphatic carbocycles. The second-order valence-electron chi connectivity index (χ2n) is 7.29. The minimum absolute atomic E-state index is 0.145. The topological polar surface area (TPSA) is 85.4 Å². The number of benzene rings is 2. The van der Waals surface area contributed by atoms with Crippen LogP contribution in [0.5, 0.6) is 5.88 Å². The van der Waals surface area contributed by atoms with Crippen LogP contribution in [-0.2, 0) is 10.0 Å². The summed E-state index contributed by atoms with van der Waals surface area (Å²) in [5.74, 6) is -1.80. The fourth-order valence-electron chi connectivity index (χ4n) is 3.11. The Balaban J connectivity index is 1.88. The molecule has 1 aromatic heterocycles. The predicted octanol–water partition coefficient (Wildman–Crippen LogP) is 5.99. The third kappa shape index (κ3) is 6.14. The van der Waals surface area contributed by atoms with Gasteiger partial charge in [0.1, 0.15) is 16.9 Å². The first-order valence-electron chi connectivity index (χ1n) is 9.45. The number of aromatic nitrogens is 1. The molecule has 0 radical (unpaired) electrons. The van der Waals surface area contributed by atoms with Crippen LogP contribution < -0.4 is 9.46 Å². The molecule has 0 aliphatic heterocycles. The third-order valence-corrected chi connectivity index (χ3v) is 6.05. The zero-order chi connectivity index (χ0) is 24.5. The van der Waals surface area contributed by atoms with Gasteiger partial charge in [-0.2, -0.15) is 0 Å². The van der Waals surface area contributed by atoms with Crippen molar-refractivity contribution in [1.82, 2.24) is 9.71 Å². The van der Waals surface area contributed by atoms with Crippen molar-refractivity contribution in [3.63, 3.8) is 0 Å². The summed E-state index contributed by atoms with van der Waals surface area (Å²) >= 11 is 18.6. The van der Waals surface area contributed by atoms with Crippen LogP contribution in [0.3, 0.4) is 0 Å². The van der Waals surface area contributed by atoms with Gasteiger partial charge >= 0.3 is 0 Å². The number of carbonyl (C=O) groups is 1. The normalized spacial score (nSPS) is 12.3. The Labute approximate surface area is 205 Å². The van der Waals surface area contributed by atoms with Crippen molar-refractivity contribution in [3.05, 3.63) is 80.2 Å². The zero-order valence-electron chi connectivity index (χ0n) is 17.6. The molecule has 174 valence electrons. The minimum atomic E-state index is -3.83. The number of amides is 1. The first-order valence-corrected chi connectivity index (χ1v) is 12.5. The van der Waals surface area contributed by atoms with Crippen LogP contribution in [-0.4, -0.2) is 25.6 Å². The van der Waals surface area contributed by atoms with Crippen LogP contribution in [0, 0.1) is 12.7 Å². The van der Waals surface area contributed by atoms with Gasteiger partial charge in [-0.25, -0.2) is 22.5 Å². The van der Waals surface area contributed by atoms with Gasteiger partial charge in [-0.3, -0.25) is 4.79 Å². The minimum Gasteiger partial charge on any atom is -0.469 e. The molecule has 3 aromatic rings. The average molecular weight is 532 g/mol. The lowest BCUT2D eigenvalue weighted by atomic mass is 9.99. The molecule has 11 heteroatoms. The van der Waals surface area contributed by atoms with E-state index in [0.717, 1.165) is 12.3 Å². The number of aryl methyl sites for hydroxylation is 1. The summed E-state index contributed by atoms with van der Waals surface area (Å²) in [6.45, 7) is 3.41. The fourth-order valence-corrected chi connectivity index (χ4v) is 4.22. The quantitative estimate of drug-likeness (QED) is 0.422. The van der Waals surface area contributed by atoms with E-state index in [1.807, 2.05) is 0 Å². The maximum atomic E-state index is 14.6. The van der Waals surface area contributed by atoms with E-state index >= 15 is 0 Å². The van der Waals surface area contributed by atoms with Gasteiger partial charge in [0.2, 0.25) is 15.9 Å². The van der Waals surface area contributed by atoms with Crippen LogP contribution in [0.1, 0.15) is 34.5 Å². The molecule has 1 N–H and O–H groups in total. The summed E-state index contributed by atoms with van der Waals surface area (Å²) in [7, 11) is -3.83. The molecule has 0 aliphatic rings. The largest absolute Gasteiger partial charge is 0.469 e. The van der Waals surface area contributed by atoms with Gasteiger partial charge in [-0.05, 0) is 61.4 Å². The van der Waals surface area contributed by atoms with E-state index in [2.05, 4.69) is 4.98 Å². The first-order chi connectivity index (χ1) is 15.4. The van der Waals surface area contributed by atoms with Crippen molar-refractivity contribution in [2.24, 2.45) is 0 Å². The SMILES string of the molecule is Cc1cc(C(=O)NS(C)(=O)=O)c(F)cc1-c1cnc(O[C@@H](C)c2cc(Cl)ccc2Cl)c(Cl)c1. The van der Waals surface area contributed by atoms with E-state index in [-0.39, 0.29) is 10.9 Å². The maximum absolute atomic E-state index is 14.6. The second-order valence-corrected chi connectivity index (χ2v) is 10.3. The van der Waals surface area contributed by atoms with Gasteiger partial charge in [0.05, 0.1) is 11.8 Å². The van der Waals surface area contributed by atoms with Gasteiger partial charge in [-0.15, -0.1) is 0 Å². The lowest BCUT2D eigenvalue weighted by molar-refractivity contribution is 0.0977. The van der Waals surface area contributed by atoms with E-state index in [4.69, 9.17) is 39.5 Å². The highest BCUT2D eigenvalue weighted by atomic mass is 35.5. The molecule has 0 saturated heterocycles. The van der Waals surface area contributed by atoms with Gasteiger partial charge < -0.3 is 4.74 Å². The Bertz CT molecular complexity index is 1350. The Morgan fingerprint density at radius 1 is 1.12 bits per heavy atom. The third-order valence-electron chi connectivity index (χ3n) is 4.64. The van der Waals surface area contributed by atoms with Crippen LogP contribution in [0.2, 0.25) is 15.1 Å². The average Bonchev–Trinajstić information content (AvgIpc) is 2.71. The molecule has 0 fully saturated rings. The zero-order valence-corrected chi connectivity index (χ0v) is 20.7. The number of halogens is 4. The number of hydrogen-bond acceptors (Lipinski definition) is 5. The van der Waals surface area contributed by atoms with Crippen LogP contribution in [0.15, 0.2) is 42.6 Å². The molecule has 1 atom stereocenters. The van der Waals surface area contributed by atoms with E-state index in [1.165, 1.54) is 12.3 Å². The lowest BCUT2D eigenvalue weighted by Crippen LogP contribution is -2.30. The van der Waals surface area contributed by atoms with Gasteiger partial charge in [0.15, 0.2) is 0 Å². The maximum Gasteiger partial charge on any atom is 0.267 e. The fraction of sp³-hybridized carbons (Fsp3) is 0.182. The summed E-state index contributed by atoms with van der Waals surface area (Å²) in [5.41, 5.74) is 1.68. The summed E-state index contributed by atoms with van der Waals surface area (Å²) in [5, 5.41) is 1.16. The summed E-state index contributed by atoms with van der Waals surface area (Å²) in [6, 6.07) is 8.94. The van der Waals surface area contributed by atoms with Crippen LogP contribution in [0.4, 0.5) is 4.39 Å². The van der Waals surface area contributed by atoms with Crippen molar-refractivity contribution in [3.8, 4) is 17.0 Å². The molecule has 0 unspecified atom stereocenters. The molecule has 6 nitrogen and oxygen atoms in total.